The molecule has 0 saturated carbocycles. The van der Waals surface area contributed by atoms with E-state index in [1.807, 2.05) is 0 Å². The quantitative estimate of drug-likeness (QED) is 0.503. The zero-order valence-corrected chi connectivity index (χ0v) is 13.6. The molecule has 9 heteroatoms. The summed E-state index contributed by atoms with van der Waals surface area (Å²) in [7, 11) is 0. The molecule has 2 aromatic rings. The number of benzene rings is 2. The predicted molar refractivity (Wildman–Crippen MR) is 84.1 cm³/mol. The van der Waals surface area contributed by atoms with Crippen LogP contribution in [-0.4, -0.2) is 12.4 Å². The van der Waals surface area contributed by atoms with Crippen molar-refractivity contribution in [2.75, 3.05) is 11.5 Å². The predicted octanol–water partition coefficient (Wildman–Crippen LogP) is 4.98. The van der Waals surface area contributed by atoms with Gasteiger partial charge in [0.15, 0.2) is 0 Å². The number of halogens is 6. The van der Waals surface area contributed by atoms with E-state index in [0.717, 1.165) is 18.2 Å². The Morgan fingerprint density at radius 1 is 0.731 bits per heavy atom. The molecule has 26 heavy (non-hydrogen) atoms. The first kappa shape index (κ1) is 18.2. The van der Waals surface area contributed by atoms with Crippen molar-refractivity contribution in [2.45, 2.75) is 31.6 Å². The lowest BCUT2D eigenvalue weighted by atomic mass is 9.70. The summed E-state index contributed by atoms with van der Waals surface area (Å²) in [6.45, 7) is 2.78. The van der Waals surface area contributed by atoms with Gasteiger partial charge in [-0.25, -0.2) is 0 Å². The second-order valence-corrected chi connectivity index (χ2v) is 6.26. The molecule has 0 fully saturated rings. The Hall–Kier alpha value is -2.58. The van der Waals surface area contributed by atoms with Crippen LogP contribution < -0.4 is 16.2 Å². The van der Waals surface area contributed by atoms with E-state index in [4.69, 9.17) is 16.2 Å². The molecule has 0 aliphatic carbocycles. The molecule has 3 rings (SSSR count). The lowest BCUT2D eigenvalue weighted by Crippen LogP contribution is -2.56. The zero-order valence-electron chi connectivity index (χ0n) is 13.6. The number of anilines is 2. The van der Waals surface area contributed by atoms with Gasteiger partial charge in [0, 0.05) is 28.6 Å². The van der Waals surface area contributed by atoms with Crippen LogP contribution in [0.2, 0.25) is 0 Å². The Labute approximate surface area is 144 Å². The van der Waals surface area contributed by atoms with Crippen molar-refractivity contribution in [1.29, 1.82) is 0 Å². The SMILES string of the molecule is Cc1cc2c(cc1N)Oc1cc(C)c(N)cc1C2(C(F)(F)F)C(F)(F)F. The van der Waals surface area contributed by atoms with E-state index >= 15 is 0 Å². The molecule has 1 aliphatic heterocycles. The van der Waals surface area contributed by atoms with Crippen LogP contribution in [0, 0.1) is 13.8 Å². The molecule has 0 spiro atoms. The second kappa shape index (κ2) is 5.21. The zero-order chi connectivity index (χ0) is 19.7. The Kier molecular flexibility index (Phi) is 3.65. The summed E-state index contributed by atoms with van der Waals surface area (Å²) in [6.07, 6.45) is -11.4. The monoisotopic (exact) mass is 376 g/mol. The van der Waals surface area contributed by atoms with Crippen LogP contribution >= 0.6 is 0 Å². The minimum atomic E-state index is -5.69. The maximum absolute atomic E-state index is 14.1. The van der Waals surface area contributed by atoms with E-state index in [9.17, 15) is 26.3 Å². The highest BCUT2D eigenvalue weighted by Gasteiger charge is 2.75. The average Bonchev–Trinajstić information content (AvgIpc) is 2.46. The van der Waals surface area contributed by atoms with Gasteiger partial charge in [0.2, 0.25) is 5.41 Å². The molecular weight excluding hydrogens is 362 g/mol. The Morgan fingerprint density at radius 3 is 1.69 bits per heavy atom. The van der Waals surface area contributed by atoms with Crippen LogP contribution in [0.1, 0.15) is 22.3 Å². The highest BCUT2D eigenvalue weighted by molar-refractivity contribution is 5.68. The molecule has 2 aromatic carbocycles. The highest BCUT2D eigenvalue weighted by Crippen LogP contribution is 2.63. The smallest absolute Gasteiger partial charge is 0.411 e. The minimum Gasteiger partial charge on any atom is -0.457 e. The molecule has 0 atom stereocenters. The number of rotatable bonds is 0. The molecule has 1 aliphatic rings. The third-order valence-corrected chi connectivity index (χ3v) is 4.61. The molecule has 0 saturated heterocycles. The van der Waals surface area contributed by atoms with Crippen LogP contribution in [-0.2, 0) is 5.41 Å². The van der Waals surface area contributed by atoms with Gasteiger partial charge >= 0.3 is 12.4 Å². The van der Waals surface area contributed by atoms with E-state index in [1.54, 1.807) is 0 Å². The molecule has 0 bridgehead atoms. The van der Waals surface area contributed by atoms with Gasteiger partial charge in [-0.2, -0.15) is 26.3 Å². The van der Waals surface area contributed by atoms with Crippen molar-refractivity contribution < 1.29 is 31.1 Å². The summed E-state index contributed by atoms with van der Waals surface area (Å²) < 4.78 is 89.8. The van der Waals surface area contributed by atoms with Gasteiger partial charge in [-0.15, -0.1) is 0 Å². The maximum atomic E-state index is 14.1. The van der Waals surface area contributed by atoms with Crippen LogP contribution in [0.25, 0.3) is 0 Å². The van der Waals surface area contributed by atoms with Crippen molar-refractivity contribution in [2.24, 2.45) is 0 Å². The van der Waals surface area contributed by atoms with E-state index in [-0.39, 0.29) is 16.9 Å². The number of aryl methyl sites for hydroxylation is 2. The molecule has 0 amide bonds. The van der Waals surface area contributed by atoms with E-state index in [1.165, 1.54) is 13.8 Å². The van der Waals surface area contributed by atoms with Crippen molar-refractivity contribution in [3.05, 3.63) is 46.5 Å². The summed E-state index contributed by atoms with van der Waals surface area (Å²) in [5.74, 6) is -1.14. The van der Waals surface area contributed by atoms with Crippen LogP contribution in [0.4, 0.5) is 37.7 Å². The number of hydrogen-bond donors (Lipinski definition) is 2. The third-order valence-electron chi connectivity index (χ3n) is 4.61. The van der Waals surface area contributed by atoms with E-state index in [2.05, 4.69) is 0 Å². The molecule has 140 valence electrons. The molecule has 3 nitrogen and oxygen atoms in total. The van der Waals surface area contributed by atoms with Gasteiger partial charge in [0.25, 0.3) is 0 Å². The number of ether oxygens (including phenoxy) is 1. The van der Waals surface area contributed by atoms with E-state index < -0.39 is 40.4 Å². The third kappa shape index (κ3) is 2.22. The fraction of sp³-hybridized carbons (Fsp3) is 0.294. The standard InChI is InChI=1S/C17H14F6N2O/c1-7-3-9-14(6-12(7)25)26-13-4-8(2)11(24)5-10(13)15(9,16(18,19)20)17(21,22)23/h3-6H,24-25H2,1-2H3. The number of nitrogen functional groups attached to an aromatic ring is 2. The highest BCUT2D eigenvalue weighted by atomic mass is 19.4. The Balaban J connectivity index is 2.54. The molecule has 0 aromatic heterocycles. The van der Waals surface area contributed by atoms with E-state index in [0.29, 0.717) is 11.6 Å². The maximum Gasteiger partial charge on any atom is 0.411 e. The molecule has 4 N–H and O–H groups in total. The fourth-order valence-electron chi connectivity index (χ4n) is 3.19. The summed E-state index contributed by atoms with van der Waals surface area (Å²) >= 11 is 0. The largest absolute Gasteiger partial charge is 0.457 e. The van der Waals surface area contributed by atoms with Gasteiger partial charge in [-0.05, 0) is 43.2 Å². The topological polar surface area (TPSA) is 61.3 Å². The summed E-state index contributed by atoms with van der Waals surface area (Å²) in [5, 5.41) is 0. The summed E-state index contributed by atoms with van der Waals surface area (Å²) in [4.78, 5) is 0. The lowest BCUT2D eigenvalue weighted by molar-refractivity contribution is -0.290. The van der Waals surface area contributed by atoms with Crippen molar-refractivity contribution in [3.63, 3.8) is 0 Å². The Morgan fingerprint density at radius 2 is 1.15 bits per heavy atom. The van der Waals surface area contributed by atoms with Crippen molar-refractivity contribution in [3.8, 4) is 11.5 Å². The van der Waals surface area contributed by atoms with Gasteiger partial charge in [0.1, 0.15) is 11.5 Å². The molecule has 0 unspecified atom stereocenters. The van der Waals surface area contributed by atoms with Crippen LogP contribution in [0.15, 0.2) is 24.3 Å². The average molecular weight is 376 g/mol. The normalized spacial score (nSPS) is 15.8. The van der Waals surface area contributed by atoms with Gasteiger partial charge in [-0.1, -0.05) is 0 Å². The number of alkyl halides is 6. The fourth-order valence-corrected chi connectivity index (χ4v) is 3.19. The lowest BCUT2D eigenvalue weighted by Gasteiger charge is -2.42. The number of fused-ring (bicyclic) bond motifs is 2. The number of hydrogen-bond acceptors (Lipinski definition) is 3. The summed E-state index contributed by atoms with van der Waals surface area (Å²) in [6, 6.07) is 3.49. The van der Waals surface area contributed by atoms with Gasteiger partial charge in [-0.3, -0.25) is 0 Å². The minimum absolute atomic E-state index is 0.0256. The van der Waals surface area contributed by atoms with Crippen molar-refractivity contribution >= 4 is 11.4 Å². The first-order valence-electron chi connectivity index (χ1n) is 7.43. The van der Waals surface area contributed by atoms with Gasteiger partial charge < -0.3 is 16.2 Å². The number of nitrogens with two attached hydrogens (primary N) is 2. The van der Waals surface area contributed by atoms with Gasteiger partial charge in [0.05, 0.1) is 0 Å². The Bertz CT molecular complexity index is 828. The van der Waals surface area contributed by atoms with Crippen LogP contribution in [0.3, 0.4) is 0 Å². The van der Waals surface area contributed by atoms with Crippen molar-refractivity contribution in [1.82, 2.24) is 0 Å². The van der Waals surface area contributed by atoms with Crippen LogP contribution in [0.5, 0.6) is 11.5 Å². The molecule has 0 radical (unpaired) electrons. The first-order valence-corrected chi connectivity index (χ1v) is 7.43. The second-order valence-electron chi connectivity index (χ2n) is 6.26. The molecular formula is C17H14F6N2O. The molecule has 1 heterocycles. The first-order chi connectivity index (χ1) is 11.8. The summed E-state index contributed by atoms with van der Waals surface area (Å²) in [5.41, 5.74) is 5.07.